The zero-order valence-corrected chi connectivity index (χ0v) is 22.8. The summed E-state index contributed by atoms with van der Waals surface area (Å²) in [5, 5.41) is 0. The van der Waals surface area contributed by atoms with E-state index in [1.54, 1.807) is 0 Å². The van der Waals surface area contributed by atoms with Gasteiger partial charge in [0, 0.05) is 0 Å². The van der Waals surface area contributed by atoms with E-state index < -0.39 is 15.2 Å². The van der Waals surface area contributed by atoms with Gasteiger partial charge in [-0.2, -0.15) is 0 Å². The fraction of sp³-hybridized carbons (Fsp3) is 0.143. The van der Waals surface area contributed by atoms with Crippen molar-refractivity contribution in [3.8, 4) is 23.0 Å². The molecule has 38 heavy (non-hydrogen) atoms. The van der Waals surface area contributed by atoms with E-state index in [0.717, 1.165) is 11.4 Å². The first-order valence-electron chi connectivity index (χ1n) is 12.6. The summed E-state index contributed by atoms with van der Waals surface area (Å²) in [4.78, 5) is 0. The van der Waals surface area contributed by atoms with Crippen molar-refractivity contribution in [3.63, 3.8) is 0 Å². The van der Waals surface area contributed by atoms with Crippen LogP contribution in [0, 0.1) is 0 Å². The summed E-state index contributed by atoms with van der Waals surface area (Å²) >= 11 is 0. The number of hydrogen-bond acceptors (Lipinski definition) is 8. The summed E-state index contributed by atoms with van der Waals surface area (Å²) in [6, 6.07) is 34.7. The molecule has 0 aromatic heterocycles. The third kappa shape index (κ3) is 2.73. The van der Waals surface area contributed by atoms with E-state index in [1.807, 2.05) is 132 Å². The predicted octanol–water partition coefficient (Wildman–Crippen LogP) is 8.29. The topological polar surface area (TPSA) is 61.9 Å². The average molecular weight is 550 g/mol. The fourth-order valence-electron chi connectivity index (χ4n) is 5.51. The Morgan fingerprint density at radius 2 is 0.763 bits per heavy atom. The van der Waals surface area contributed by atoms with Gasteiger partial charge in [-0.3, -0.25) is 0 Å². The predicted molar refractivity (Wildman–Crippen MR) is 150 cm³/mol. The van der Waals surface area contributed by atoms with Crippen molar-refractivity contribution in [2.75, 3.05) is 22.1 Å². The van der Waals surface area contributed by atoms with E-state index in [1.165, 1.54) is 0 Å². The Labute approximate surface area is 221 Å². The van der Waals surface area contributed by atoms with Gasteiger partial charge >= 0.3 is 222 Å². The number of benzene rings is 4. The van der Waals surface area contributed by atoms with E-state index in [2.05, 4.69) is 0 Å². The molecule has 7 rings (SSSR count). The van der Waals surface area contributed by atoms with Crippen LogP contribution >= 0.6 is 15.2 Å². The molecule has 3 aliphatic rings. The molecule has 0 bridgehead atoms. The van der Waals surface area contributed by atoms with Gasteiger partial charge < -0.3 is 0 Å². The second kappa shape index (κ2) is 7.98. The molecule has 10 heteroatoms. The van der Waals surface area contributed by atoms with Gasteiger partial charge in [-0.25, -0.2) is 0 Å². The fourth-order valence-corrected chi connectivity index (χ4v) is 18.0. The molecule has 0 unspecified atom stereocenters. The number of rotatable bonds is 6. The van der Waals surface area contributed by atoms with Gasteiger partial charge in [-0.15, -0.1) is 0 Å². The van der Waals surface area contributed by atoms with E-state index in [4.69, 9.17) is 27.1 Å². The summed E-state index contributed by atoms with van der Waals surface area (Å²) < 4.78 is 45.4. The summed E-state index contributed by atoms with van der Waals surface area (Å²) in [7, 11) is -9.08. The zero-order valence-electron chi connectivity index (χ0n) is 21.0. The Kier molecular flexibility index (Phi) is 4.95. The van der Waals surface area contributed by atoms with Crippen LogP contribution in [-0.2, 0) is 9.05 Å². The van der Waals surface area contributed by atoms with Crippen molar-refractivity contribution >= 4 is 26.5 Å². The molecule has 0 amide bonds. The van der Waals surface area contributed by atoms with Crippen LogP contribution in [0.15, 0.2) is 109 Å². The first kappa shape index (κ1) is 23.6. The number of fused-ring (bicyclic) bond motifs is 2. The summed E-state index contributed by atoms with van der Waals surface area (Å²) in [6.07, 6.45) is 0. The van der Waals surface area contributed by atoms with Crippen molar-refractivity contribution in [2.24, 2.45) is 0 Å². The average Bonchev–Trinajstić information content (AvgIpc) is 3.45. The van der Waals surface area contributed by atoms with Gasteiger partial charge in [-0.05, 0) is 0 Å². The van der Waals surface area contributed by atoms with Crippen LogP contribution in [0.3, 0.4) is 0 Å². The van der Waals surface area contributed by atoms with E-state index in [-0.39, 0.29) is 0 Å². The van der Waals surface area contributed by atoms with E-state index in [0.29, 0.717) is 36.2 Å². The molecule has 0 radical (unpaired) electrons. The minimum absolute atomic E-state index is 0.296. The molecule has 8 nitrogen and oxygen atoms in total. The van der Waals surface area contributed by atoms with E-state index >= 15 is 0 Å². The summed E-state index contributed by atoms with van der Waals surface area (Å²) in [5.41, 5.74) is 1.47. The molecule has 1 saturated heterocycles. The SMILES string of the molecule is CCOP12(Oc3ccccc3O1)N(c1ccccc1)P1(OCC)(Oc3ccccc3O1)N2c1ccccc1. The van der Waals surface area contributed by atoms with Gasteiger partial charge in [0.05, 0.1) is 0 Å². The van der Waals surface area contributed by atoms with Crippen LogP contribution in [0.4, 0.5) is 11.4 Å². The first-order valence-corrected chi connectivity index (χ1v) is 16.4. The van der Waals surface area contributed by atoms with Crippen LogP contribution in [0.5, 0.6) is 23.0 Å². The second-order valence-corrected chi connectivity index (χ2v) is 15.6. The van der Waals surface area contributed by atoms with Gasteiger partial charge in [0.1, 0.15) is 0 Å². The molecule has 4 aromatic rings. The molecule has 0 saturated carbocycles. The second-order valence-electron chi connectivity index (χ2n) is 8.95. The monoisotopic (exact) mass is 550 g/mol. The molecule has 0 aliphatic carbocycles. The Morgan fingerprint density at radius 1 is 0.474 bits per heavy atom. The molecule has 3 heterocycles. The maximum atomic E-state index is 6.98. The third-order valence-electron chi connectivity index (χ3n) is 6.66. The summed E-state index contributed by atoms with van der Waals surface area (Å²) in [5.74, 6) is 2.30. The number of nitrogens with zero attached hydrogens (tertiary/aromatic N) is 2. The third-order valence-corrected chi connectivity index (χ3v) is 17.1. The van der Waals surface area contributed by atoms with Crippen molar-refractivity contribution < 1.29 is 27.1 Å². The Bertz CT molecular complexity index is 1340. The quantitative estimate of drug-likeness (QED) is 0.222. The van der Waals surface area contributed by atoms with Crippen LogP contribution in [-0.4, -0.2) is 13.2 Å². The van der Waals surface area contributed by atoms with E-state index in [9.17, 15) is 0 Å². The zero-order chi connectivity index (χ0) is 25.9. The normalized spacial score (nSPS) is 22.2. The Morgan fingerprint density at radius 3 is 1.05 bits per heavy atom. The minimum atomic E-state index is -4.54. The molecular weight excluding hydrogens is 522 g/mol. The van der Waals surface area contributed by atoms with Gasteiger partial charge in [0.15, 0.2) is 0 Å². The van der Waals surface area contributed by atoms with Crippen LogP contribution in [0.2, 0.25) is 0 Å². The van der Waals surface area contributed by atoms with Crippen LogP contribution in [0.1, 0.15) is 13.8 Å². The van der Waals surface area contributed by atoms with Gasteiger partial charge in [0.25, 0.3) is 0 Å². The van der Waals surface area contributed by atoms with Crippen molar-refractivity contribution in [1.29, 1.82) is 0 Å². The number of anilines is 2. The molecular formula is C28H28N2O6P2. The van der Waals surface area contributed by atoms with Crippen molar-refractivity contribution in [2.45, 2.75) is 13.8 Å². The number of hydrogen-bond donors (Lipinski definition) is 0. The van der Waals surface area contributed by atoms with Crippen molar-refractivity contribution in [3.05, 3.63) is 109 Å². The molecule has 4 aromatic carbocycles. The number of para-hydroxylation sites is 6. The van der Waals surface area contributed by atoms with Gasteiger partial charge in [-0.1, -0.05) is 0 Å². The molecule has 1 fully saturated rings. The molecule has 0 atom stereocenters. The molecule has 0 N–H and O–H groups in total. The Hall–Kier alpha value is -3.54. The van der Waals surface area contributed by atoms with Gasteiger partial charge in [0.2, 0.25) is 0 Å². The van der Waals surface area contributed by atoms with Crippen LogP contribution in [0.25, 0.3) is 0 Å². The summed E-state index contributed by atoms with van der Waals surface area (Å²) in [6.45, 7) is 4.44. The molecule has 196 valence electrons. The maximum absolute atomic E-state index is 6.98. The Balaban J connectivity index is 1.60. The van der Waals surface area contributed by atoms with Crippen LogP contribution < -0.4 is 27.0 Å². The molecule has 3 aliphatic heterocycles. The molecule has 2 spiro atoms. The first-order chi connectivity index (χ1) is 18.6. The van der Waals surface area contributed by atoms with Crippen molar-refractivity contribution in [1.82, 2.24) is 0 Å². The standard InChI is InChI=1S/C28H28N2O6P2/c1-3-31-37(33-25-19-11-12-20-26(25)34-37)29(23-15-7-5-8-16-23)38(32-4-2,30(37)24-17-9-6-10-18-24)35-27-21-13-14-22-28(27)36-38/h5-22H,3-4H2,1-2H3.